The summed E-state index contributed by atoms with van der Waals surface area (Å²) in [6.07, 6.45) is 0.956. The van der Waals surface area contributed by atoms with Gasteiger partial charge < -0.3 is 14.7 Å². The Morgan fingerprint density at radius 1 is 1.52 bits per heavy atom. The van der Waals surface area contributed by atoms with Crippen LogP contribution in [0.2, 0.25) is 0 Å². The van der Waals surface area contributed by atoms with Crippen LogP contribution in [-0.4, -0.2) is 35.7 Å². The Kier molecular flexibility index (Phi) is 4.30. The molecule has 2 rings (SSSR count). The molecule has 7 nitrogen and oxygen atoms in total. The molecule has 114 valence electrons. The van der Waals surface area contributed by atoms with E-state index >= 15 is 0 Å². The first kappa shape index (κ1) is 15.1. The number of nitro groups is 1. The maximum atomic E-state index is 11.2. The maximum Gasteiger partial charge on any atom is 0.306 e. The van der Waals surface area contributed by atoms with Gasteiger partial charge in [0.15, 0.2) is 0 Å². The van der Waals surface area contributed by atoms with Crippen LogP contribution < -0.4 is 9.64 Å². The molecule has 0 aliphatic carbocycles. The zero-order valence-electron chi connectivity index (χ0n) is 12.0. The minimum absolute atomic E-state index is 0.0106. The van der Waals surface area contributed by atoms with Gasteiger partial charge in [0, 0.05) is 24.7 Å². The predicted molar refractivity (Wildman–Crippen MR) is 76.8 cm³/mol. The van der Waals surface area contributed by atoms with E-state index in [-0.39, 0.29) is 17.6 Å². The number of hydrogen-bond donors (Lipinski definition) is 1. The lowest BCUT2D eigenvalue weighted by Crippen LogP contribution is -2.43. The number of anilines is 1. The molecule has 1 aromatic carbocycles. The third-order valence-corrected chi connectivity index (χ3v) is 3.91. The Labute approximate surface area is 122 Å². The van der Waals surface area contributed by atoms with E-state index < -0.39 is 10.9 Å². The summed E-state index contributed by atoms with van der Waals surface area (Å²) in [6.45, 7) is 2.37. The van der Waals surface area contributed by atoms with Crippen molar-refractivity contribution in [3.63, 3.8) is 0 Å². The van der Waals surface area contributed by atoms with Gasteiger partial charge in [0.05, 0.1) is 18.0 Å². The highest BCUT2D eigenvalue weighted by Gasteiger charge is 2.32. The van der Waals surface area contributed by atoms with E-state index in [1.54, 1.807) is 12.1 Å². The molecule has 0 spiro atoms. The van der Waals surface area contributed by atoms with E-state index in [1.165, 1.54) is 13.2 Å². The summed E-state index contributed by atoms with van der Waals surface area (Å²) < 4.78 is 5.13. The van der Waals surface area contributed by atoms with Gasteiger partial charge in [0.1, 0.15) is 11.4 Å². The molecule has 7 heteroatoms. The van der Waals surface area contributed by atoms with E-state index in [2.05, 4.69) is 0 Å². The molecule has 1 fully saturated rings. The molecule has 1 heterocycles. The molecule has 2 atom stereocenters. The molecule has 0 radical (unpaired) electrons. The standard InChI is InChI=1S/C14H18N2O5/c1-9-7-10(14(17)18)5-6-15(9)13-8-11(21-2)3-4-12(13)16(19)20/h3-4,8-10H,5-7H2,1-2H3,(H,17,18). The van der Waals surface area contributed by atoms with Crippen molar-refractivity contribution >= 4 is 17.3 Å². The van der Waals surface area contributed by atoms with Crippen molar-refractivity contribution in [3.8, 4) is 5.75 Å². The number of carbonyl (C=O) groups is 1. The molecular formula is C14H18N2O5. The number of carboxylic acid groups (broad SMARTS) is 1. The molecule has 0 amide bonds. The number of rotatable bonds is 4. The van der Waals surface area contributed by atoms with Crippen molar-refractivity contribution in [3.05, 3.63) is 28.3 Å². The average Bonchev–Trinajstić information content (AvgIpc) is 2.46. The van der Waals surface area contributed by atoms with Crippen LogP contribution in [0.3, 0.4) is 0 Å². The van der Waals surface area contributed by atoms with Gasteiger partial charge in [-0.25, -0.2) is 0 Å². The SMILES string of the molecule is COc1ccc([N+](=O)[O-])c(N2CCC(C(=O)O)CC2C)c1. The topological polar surface area (TPSA) is 92.9 Å². The van der Waals surface area contributed by atoms with E-state index in [0.29, 0.717) is 30.8 Å². The van der Waals surface area contributed by atoms with Crippen LogP contribution in [0.5, 0.6) is 5.75 Å². The van der Waals surface area contributed by atoms with E-state index in [0.717, 1.165) is 0 Å². The van der Waals surface area contributed by atoms with Gasteiger partial charge in [-0.05, 0) is 25.8 Å². The van der Waals surface area contributed by atoms with Crippen LogP contribution in [0.15, 0.2) is 18.2 Å². The van der Waals surface area contributed by atoms with Gasteiger partial charge in [-0.3, -0.25) is 14.9 Å². The Morgan fingerprint density at radius 2 is 2.24 bits per heavy atom. The number of nitrogens with zero attached hydrogens (tertiary/aromatic N) is 2. The quantitative estimate of drug-likeness (QED) is 0.676. The Morgan fingerprint density at radius 3 is 2.76 bits per heavy atom. The second kappa shape index (κ2) is 5.99. The minimum atomic E-state index is -0.804. The number of carboxylic acids is 1. The summed E-state index contributed by atoms with van der Waals surface area (Å²) >= 11 is 0. The minimum Gasteiger partial charge on any atom is -0.497 e. The third kappa shape index (κ3) is 3.07. The Hall–Kier alpha value is -2.31. The highest BCUT2D eigenvalue weighted by Crippen LogP contribution is 2.36. The van der Waals surface area contributed by atoms with Gasteiger partial charge in [0.2, 0.25) is 0 Å². The normalized spacial score (nSPS) is 21.9. The first-order valence-electron chi connectivity index (χ1n) is 6.76. The van der Waals surface area contributed by atoms with Crippen molar-refractivity contribution in [2.75, 3.05) is 18.6 Å². The average molecular weight is 294 g/mol. The molecule has 0 aromatic heterocycles. The summed E-state index contributed by atoms with van der Waals surface area (Å²) in [7, 11) is 1.50. The smallest absolute Gasteiger partial charge is 0.306 e. The molecule has 1 saturated heterocycles. The molecule has 1 aliphatic rings. The number of methoxy groups -OCH3 is 1. The van der Waals surface area contributed by atoms with E-state index in [1.807, 2.05) is 11.8 Å². The zero-order valence-corrected chi connectivity index (χ0v) is 12.0. The summed E-state index contributed by atoms with van der Waals surface area (Å²) in [4.78, 5) is 23.7. The summed E-state index contributed by atoms with van der Waals surface area (Å²) in [6, 6.07) is 4.53. The number of benzene rings is 1. The second-order valence-corrected chi connectivity index (χ2v) is 5.21. The fourth-order valence-electron chi connectivity index (χ4n) is 2.77. The van der Waals surface area contributed by atoms with Gasteiger partial charge in [-0.15, -0.1) is 0 Å². The number of nitro benzene ring substituents is 1. The first-order valence-corrected chi connectivity index (χ1v) is 6.76. The van der Waals surface area contributed by atoms with Crippen molar-refractivity contribution in [1.29, 1.82) is 0 Å². The monoisotopic (exact) mass is 294 g/mol. The summed E-state index contributed by atoms with van der Waals surface area (Å²) in [5.74, 6) is -0.647. The molecule has 1 N–H and O–H groups in total. The molecule has 0 saturated carbocycles. The van der Waals surface area contributed by atoms with Crippen molar-refractivity contribution < 1.29 is 19.6 Å². The fraction of sp³-hybridized carbons (Fsp3) is 0.500. The van der Waals surface area contributed by atoms with Crippen molar-refractivity contribution in [2.24, 2.45) is 5.92 Å². The maximum absolute atomic E-state index is 11.2. The van der Waals surface area contributed by atoms with Crippen LogP contribution in [0.1, 0.15) is 19.8 Å². The Balaban J connectivity index is 2.32. The van der Waals surface area contributed by atoms with Gasteiger partial charge >= 0.3 is 5.97 Å². The van der Waals surface area contributed by atoms with Gasteiger partial charge in [0.25, 0.3) is 5.69 Å². The van der Waals surface area contributed by atoms with Crippen LogP contribution in [0.25, 0.3) is 0 Å². The van der Waals surface area contributed by atoms with Crippen LogP contribution in [0.4, 0.5) is 11.4 Å². The highest BCUT2D eigenvalue weighted by atomic mass is 16.6. The lowest BCUT2D eigenvalue weighted by molar-refractivity contribution is -0.384. The lowest BCUT2D eigenvalue weighted by Gasteiger charge is -2.37. The van der Waals surface area contributed by atoms with E-state index in [9.17, 15) is 14.9 Å². The second-order valence-electron chi connectivity index (χ2n) is 5.21. The van der Waals surface area contributed by atoms with Crippen molar-refractivity contribution in [1.82, 2.24) is 0 Å². The van der Waals surface area contributed by atoms with Crippen LogP contribution in [0, 0.1) is 16.0 Å². The largest absolute Gasteiger partial charge is 0.497 e. The first-order chi connectivity index (χ1) is 9.93. The molecule has 0 bridgehead atoms. The number of hydrogen-bond acceptors (Lipinski definition) is 5. The van der Waals surface area contributed by atoms with Gasteiger partial charge in [-0.2, -0.15) is 0 Å². The zero-order chi connectivity index (χ0) is 15.6. The molecular weight excluding hydrogens is 276 g/mol. The predicted octanol–water partition coefficient (Wildman–Crippen LogP) is 2.29. The Bertz CT molecular complexity index is 560. The molecule has 21 heavy (non-hydrogen) atoms. The van der Waals surface area contributed by atoms with Gasteiger partial charge in [-0.1, -0.05) is 0 Å². The van der Waals surface area contributed by atoms with E-state index in [4.69, 9.17) is 9.84 Å². The number of ether oxygens (including phenoxy) is 1. The summed E-state index contributed by atoms with van der Waals surface area (Å²) in [5, 5.41) is 20.3. The fourth-order valence-corrected chi connectivity index (χ4v) is 2.77. The lowest BCUT2D eigenvalue weighted by atomic mass is 9.91. The highest BCUT2D eigenvalue weighted by molar-refractivity contribution is 5.72. The summed E-state index contributed by atoms with van der Waals surface area (Å²) in [5.41, 5.74) is 0.493. The molecule has 2 unspecified atom stereocenters. The number of aliphatic carboxylic acids is 1. The molecule has 1 aliphatic heterocycles. The number of piperidine rings is 1. The third-order valence-electron chi connectivity index (χ3n) is 3.91. The van der Waals surface area contributed by atoms with Crippen molar-refractivity contribution in [2.45, 2.75) is 25.8 Å². The van der Waals surface area contributed by atoms with Crippen LogP contribution >= 0.6 is 0 Å². The van der Waals surface area contributed by atoms with Crippen LogP contribution in [-0.2, 0) is 4.79 Å². The molecule has 1 aromatic rings.